The first kappa shape index (κ1) is 17.4. The van der Waals surface area contributed by atoms with E-state index in [1.807, 2.05) is 13.8 Å². The van der Waals surface area contributed by atoms with E-state index in [9.17, 15) is 22.4 Å². The number of nitrogens with one attached hydrogen (secondary N) is 1. The van der Waals surface area contributed by atoms with Gasteiger partial charge in [-0.15, -0.1) is 0 Å². The summed E-state index contributed by atoms with van der Waals surface area (Å²) in [6.45, 7) is 3.99. The van der Waals surface area contributed by atoms with Crippen molar-refractivity contribution in [1.29, 1.82) is 0 Å². The fourth-order valence-electron chi connectivity index (χ4n) is 1.92. The number of rotatable bonds is 5. The van der Waals surface area contributed by atoms with Crippen molar-refractivity contribution in [3.05, 3.63) is 35.1 Å². The fraction of sp³-hybridized carbons (Fsp3) is 0.500. The second-order valence-corrected chi connectivity index (χ2v) is 5.07. The number of alkyl halides is 3. The number of hydrogen-bond donors (Lipinski definition) is 2. The van der Waals surface area contributed by atoms with Gasteiger partial charge in [-0.25, -0.2) is 4.39 Å². The van der Waals surface area contributed by atoms with Crippen molar-refractivity contribution in [2.75, 3.05) is 6.54 Å². The third-order valence-corrected chi connectivity index (χ3v) is 3.15. The predicted molar refractivity (Wildman–Crippen MR) is 71.2 cm³/mol. The Balaban J connectivity index is 3.03. The average molecular weight is 306 g/mol. The summed E-state index contributed by atoms with van der Waals surface area (Å²) in [5, 5.41) is 2.53. The Bertz CT molecular complexity index is 500. The fourth-order valence-corrected chi connectivity index (χ4v) is 1.92. The lowest BCUT2D eigenvalue weighted by Gasteiger charge is -2.22. The van der Waals surface area contributed by atoms with E-state index in [-0.39, 0.29) is 12.0 Å². The highest BCUT2D eigenvalue weighted by molar-refractivity contribution is 5.94. The van der Waals surface area contributed by atoms with Crippen LogP contribution in [-0.2, 0) is 6.18 Å². The number of carbonyl (C=O) groups is 1. The smallest absolute Gasteiger partial charge is 0.349 e. The maximum atomic E-state index is 13.9. The molecule has 3 N–H and O–H groups in total. The molecule has 0 aliphatic heterocycles. The van der Waals surface area contributed by atoms with E-state index in [0.717, 1.165) is 12.1 Å². The molecule has 7 heteroatoms. The molecule has 3 nitrogen and oxygen atoms in total. The van der Waals surface area contributed by atoms with E-state index >= 15 is 0 Å². The van der Waals surface area contributed by atoms with Crippen LogP contribution in [0.4, 0.5) is 17.6 Å². The van der Waals surface area contributed by atoms with Crippen LogP contribution < -0.4 is 11.1 Å². The van der Waals surface area contributed by atoms with Crippen molar-refractivity contribution in [3.8, 4) is 0 Å². The summed E-state index contributed by atoms with van der Waals surface area (Å²) in [4.78, 5) is 12.0. The zero-order chi connectivity index (χ0) is 16.2. The Morgan fingerprint density at radius 1 is 1.33 bits per heavy atom. The van der Waals surface area contributed by atoms with Gasteiger partial charge in [0, 0.05) is 6.04 Å². The highest BCUT2D eigenvalue weighted by Crippen LogP contribution is 2.32. The summed E-state index contributed by atoms with van der Waals surface area (Å²) < 4.78 is 51.7. The minimum Gasteiger partial charge on any atom is -0.349 e. The van der Waals surface area contributed by atoms with Gasteiger partial charge in [0.15, 0.2) is 0 Å². The van der Waals surface area contributed by atoms with Gasteiger partial charge in [0.05, 0.1) is 11.1 Å². The summed E-state index contributed by atoms with van der Waals surface area (Å²) in [6.07, 6.45) is -4.38. The summed E-state index contributed by atoms with van der Waals surface area (Å²) in [6, 6.07) is 2.32. The first-order valence-electron chi connectivity index (χ1n) is 6.55. The third-order valence-electron chi connectivity index (χ3n) is 3.15. The van der Waals surface area contributed by atoms with Crippen LogP contribution in [0.5, 0.6) is 0 Å². The number of benzene rings is 1. The lowest BCUT2D eigenvalue weighted by atomic mass is 10.00. The Labute approximate surface area is 120 Å². The molecule has 0 bridgehead atoms. The van der Waals surface area contributed by atoms with Crippen LogP contribution in [-0.4, -0.2) is 18.5 Å². The van der Waals surface area contributed by atoms with E-state index in [4.69, 9.17) is 5.73 Å². The van der Waals surface area contributed by atoms with Gasteiger partial charge in [-0.3, -0.25) is 4.79 Å². The van der Waals surface area contributed by atoms with Crippen LogP contribution in [0.2, 0.25) is 0 Å². The van der Waals surface area contributed by atoms with Crippen LogP contribution in [0.25, 0.3) is 0 Å². The monoisotopic (exact) mass is 306 g/mol. The number of carbonyl (C=O) groups excluding carboxylic acids is 1. The number of amides is 1. The van der Waals surface area contributed by atoms with Crippen molar-refractivity contribution in [2.24, 2.45) is 11.7 Å². The summed E-state index contributed by atoms with van der Waals surface area (Å²) >= 11 is 0. The first-order chi connectivity index (χ1) is 9.68. The molecule has 1 aromatic carbocycles. The van der Waals surface area contributed by atoms with E-state index in [2.05, 4.69) is 5.32 Å². The van der Waals surface area contributed by atoms with Gasteiger partial charge in [-0.05, 0) is 31.0 Å². The van der Waals surface area contributed by atoms with E-state index in [1.165, 1.54) is 0 Å². The normalized spacial score (nSPS) is 13.3. The molecule has 0 saturated heterocycles. The number of halogens is 4. The SMILES string of the molecule is CC(C)C(CCN)NC(=O)c1cccc(C(F)(F)F)c1F. The molecule has 1 amide bonds. The second kappa shape index (κ2) is 6.89. The summed E-state index contributed by atoms with van der Waals surface area (Å²) in [5.74, 6) is -2.39. The molecule has 1 atom stereocenters. The van der Waals surface area contributed by atoms with Gasteiger partial charge in [0.1, 0.15) is 5.82 Å². The lowest BCUT2D eigenvalue weighted by molar-refractivity contribution is -0.140. The van der Waals surface area contributed by atoms with E-state index < -0.39 is 29.0 Å². The molecule has 0 fully saturated rings. The molecule has 118 valence electrons. The van der Waals surface area contributed by atoms with Crippen LogP contribution in [0.15, 0.2) is 18.2 Å². The van der Waals surface area contributed by atoms with E-state index in [0.29, 0.717) is 19.0 Å². The molecule has 1 rings (SSSR count). The summed E-state index contributed by atoms with van der Waals surface area (Å²) in [7, 11) is 0. The van der Waals surface area contributed by atoms with Crippen LogP contribution >= 0.6 is 0 Å². The molecular weight excluding hydrogens is 288 g/mol. The van der Waals surface area contributed by atoms with Crippen molar-refractivity contribution in [2.45, 2.75) is 32.5 Å². The molecule has 0 saturated carbocycles. The Kier molecular flexibility index (Phi) is 5.71. The van der Waals surface area contributed by atoms with Crippen LogP contribution in [0.1, 0.15) is 36.2 Å². The Morgan fingerprint density at radius 2 is 1.95 bits per heavy atom. The second-order valence-electron chi connectivity index (χ2n) is 5.07. The maximum absolute atomic E-state index is 13.9. The minimum absolute atomic E-state index is 0.0337. The van der Waals surface area contributed by atoms with Gasteiger partial charge in [-0.1, -0.05) is 19.9 Å². The molecular formula is C14H18F4N2O. The van der Waals surface area contributed by atoms with Gasteiger partial charge in [-0.2, -0.15) is 13.2 Å². The molecule has 0 aliphatic carbocycles. The van der Waals surface area contributed by atoms with Crippen molar-refractivity contribution in [3.63, 3.8) is 0 Å². The average Bonchev–Trinajstić information content (AvgIpc) is 2.36. The standard InChI is InChI=1S/C14H18F4N2O/c1-8(2)11(6-7-19)20-13(21)9-4-3-5-10(12(9)15)14(16,17)18/h3-5,8,11H,6-7,19H2,1-2H3,(H,20,21). The largest absolute Gasteiger partial charge is 0.419 e. The topological polar surface area (TPSA) is 55.1 Å². The highest BCUT2D eigenvalue weighted by atomic mass is 19.4. The lowest BCUT2D eigenvalue weighted by Crippen LogP contribution is -2.40. The Morgan fingerprint density at radius 3 is 2.43 bits per heavy atom. The molecule has 0 spiro atoms. The van der Waals surface area contributed by atoms with E-state index in [1.54, 1.807) is 0 Å². The zero-order valence-electron chi connectivity index (χ0n) is 11.8. The van der Waals surface area contributed by atoms with Gasteiger partial charge >= 0.3 is 6.18 Å². The zero-order valence-corrected chi connectivity index (χ0v) is 11.8. The molecule has 0 radical (unpaired) electrons. The van der Waals surface area contributed by atoms with Crippen LogP contribution in [0.3, 0.4) is 0 Å². The van der Waals surface area contributed by atoms with Gasteiger partial charge in [0.25, 0.3) is 5.91 Å². The molecule has 1 unspecified atom stereocenters. The predicted octanol–water partition coefficient (Wildman–Crippen LogP) is 2.95. The molecule has 21 heavy (non-hydrogen) atoms. The van der Waals surface area contributed by atoms with Crippen molar-refractivity contribution < 1.29 is 22.4 Å². The maximum Gasteiger partial charge on any atom is 0.419 e. The van der Waals surface area contributed by atoms with Crippen molar-refractivity contribution in [1.82, 2.24) is 5.32 Å². The highest BCUT2D eigenvalue weighted by Gasteiger charge is 2.35. The first-order valence-corrected chi connectivity index (χ1v) is 6.55. The number of hydrogen-bond acceptors (Lipinski definition) is 2. The minimum atomic E-state index is -4.84. The van der Waals surface area contributed by atoms with Crippen LogP contribution in [0, 0.1) is 11.7 Å². The third kappa shape index (κ3) is 4.42. The molecule has 0 heterocycles. The summed E-state index contributed by atoms with van der Waals surface area (Å²) in [5.41, 5.74) is 3.35. The number of nitrogens with two attached hydrogens (primary N) is 1. The quantitative estimate of drug-likeness (QED) is 0.822. The molecule has 0 aliphatic rings. The molecule has 1 aromatic rings. The van der Waals surface area contributed by atoms with Crippen molar-refractivity contribution >= 4 is 5.91 Å². The Hall–Kier alpha value is -1.63. The van der Waals surface area contributed by atoms with Gasteiger partial charge < -0.3 is 11.1 Å². The molecule has 0 aromatic heterocycles. The van der Waals surface area contributed by atoms with Gasteiger partial charge in [0.2, 0.25) is 0 Å².